The monoisotopic (exact) mass is 286 g/mol. The van der Waals surface area contributed by atoms with Gasteiger partial charge >= 0.3 is 0 Å². The van der Waals surface area contributed by atoms with Gasteiger partial charge in [0.2, 0.25) is 10.0 Å². The van der Waals surface area contributed by atoms with Gasteiger partial charge in [0.05, 0.1) is 5.75 Å². The van der Waals surface area contributed by atoms with Crippen molar-refractivity contribution in [3.8, 4) is 0 Å². The lowest BCUT2D eigenvalue weighted by atomic mass is 9.54. The second-order valence-electron chi connectivity index (χ2n) is 6.73. The van der Waals surface area contributed by atoms with Gasteiger partial charge in [0.15, 0.2) is 0 Å². The fourth-order valence-corrected chi connectivity index (χ4v) is 5.88. The van der Waals surface area contributed by atoms with Crippen LogP contribution in [0.3, 0.4) is 0 Å². The van der Waals surface area contributed by atoms with Gasteiger partial charge in [-0.2, -0.15) is 0 Å². The highest BCUT2D eigenvalue weighted by atomic mass is 32.2. The van der Waals surface area contributed by atoms with Crippen LogP contribution in [0.4, 0.5) is 0 Å². The van der Waals surface area contributed by atoms with E-state index in [0.29, 0.717) is 19.1 Å². The van der Waals surface area contributed by atoms with Crippen molar-refractivity contribution < 1.29 is 8.42 Å². The summed E-state index contributed by atoms with van der Waals surface area (Å²) >= 11 is 0. The van der Waals surface area contributed by atoms with Gasteiger partial charge in [0, 0.05) is 19.1 Å². The maximum Gasteiger partial charge on any atom is 0.212 e. The van der Waals surface area contributed by atoms with Gasteiger partial charge in [-0.1, -0.05) is 6.92 Å². The highest BCUT2D eigenvalue weighted by Crippen LogP contribution is 2.53. The lowest BCUT2D eigenvalue weighted by Gasteiger charge is -2.54. The van der Waals surface area contributed by atoms with Gasteiger partial charge in [0.1, 0.15) is 0 Å². The summed E-state index contributed by atoms with van der Waals surface area (Å²) in [6.07, 6.45) is 6.99. The summed E-state index contributed by atoms with van der Waals surface area (Å²) in [4.78, 5) is 0. The molecule has 0 aromatic heterocycles. The molecule has 0 aromatic carbocycles. The first-order valence-electron chi connectivity index (χ1n) is 7.78. The summed E-state index contributed by atoms with van der Waals surface area (Å²) in [6, 6.07) is 0.588. The Morgan fingerprint density at radius 1 is 1.00 bits per heavy atom. The van der Waals surface area contributed by atoms with Crippen molar-refractivity contribution in [1.29, 1.82) is 0 Å². The molecule has 4 rings (SSSR count). The van der Waals surface area contributed by atoms with Crippen molar-refractivity contribution in [2.75, 3.05) is 18.8 Å². The molecule has 0 atom stereocenters. The predicted molar refractivity (Wildman–Crippen MR) is 76.3 cm³/mol. The van der Waals surface area contributed by atoms with E-state index in [4.69, 9.17) is 0 Å². The summed E-state index contributed by atoms with van der Waals surface area (Å²) in [5.41, 5.74) is 0. The Balaban J connectivity index is 1.51. The van der Waals surface area contributed by atoms with Crippen LogP contribution in [0.25, 0.3) is 0 Å². The molecule has 0 aliphatic heterocycles. The third-order valence-electron chi connectivity index (χ3n) is 5.34. The molecule has 0 heterocycles. The normalized spacial score (nSPS) is 40.8. The van der Waals surface area contributed by atoms with Crippen LogP contribution in [0, 0.1) is 23.7 Å². The number of rotatable bonds is 6. The predicted octanol–water partition coefficient (Wildman–Crippen LogP) is 1.34. The summed E-state index contributed by atoms with van der Waals surface area (Å²) in [7, 11) is -3.07. The Morgan fingerprint density at radius 2 is 1.58 bits per heavy atom. The fraction of sp³-hybridized carbons (Fsp3) is 1.00. The number of nitrogens with one attached hydrogen (secondary N) is 2. The molecular weight excluding hydrogens is 260 g/mol. The standard InChI is InChI=1S/C14H26N2O2S/c1-2-16-19(17,18)4-3-15-14-12-6-10-5-11(8-12)9-13(14)7-10/h10-16H,2-9H2,1H3. The topological polar surface area (TPSA) is 58.2 Å². The minimum Gasteiger partial charge on any atom is -0.312 e. The van der Waals surface area contributed by atoms with Gasteiger partial charge in [-0.25, -0.2) is 13.1 Å². The Morgan fingerprint density at radius 3 is 2.11 bits per heavy atom. The van der Waals surface area contributed by atoms with E-state index in [0.717, 1.165) is 23.7 Å². The molecule has 4 aliphatic rings. The van der Waals surface area contributed by atoms with Gasteiger partial charge in [-0.15, -0.1) is 0 Å². The second kappa shape index (κ2) is 5.34. The average Bonchev–Trinajstić information content (AvgIpc) is 2.31. The first-order chi connectivity index (χ1) is 9.07. The lowest BCUT2D eigenvalue weighted by molar-refractivity contribution is -0.0129. The van der Waals surface area contributed by atoms with Crippen molar-refractivity contribution in [2.45, 2.75) is 45.1 Å². The zero-order valence-electron chi connectivity index (χ0n) is 11.8. The van der Waals surface area contributed by atoms with E-state index in [9.17, 15) is 8.42 Å². The Labute approximate surface area is 116 Å². The van der Waals surface area contributed by atoms with Crippen LogP contribution in [0.2, 0.25) is 0 Å². The van der Waals surface area contributed by atoms with Crippen LogP contribution < -0.4 is 10.0 Å². The fourth-order valence-electron chi connectivity index (χ4n) is 4.91. The maximum absolute atomic E-state index is 11.6. The number of sulfonamides is 1. The van der Waals surface area contributed by atoms with E-state index in [1.165, 1.54) is 32.1 Å². The van der Waals surface area contributed by atoms with Crippen LogP contribution in [-0.2, 0) is 10.0 Å². The van der Waals surface area contributed by atoms with E-state index in [1.807, 2.05) is 6.92 Å². The number of hydrogen-bond donors (Lipinski definition) is 2. The molecule has 0 spiro atoms. The van der Waals surface area contributed by atoms with Crippen LogP contribution in [0.15, 0.2) is 0 Å². The van der Waals surface area contributed by atoms with E-state index in [2.05, 4.69) is 10.0 Å². The molecule has 19 heavy (non-hydrogen) atoms. The molecule has 0 amide bonds. The molecule has 4 aliphatic carbocycles. The van der Waals surface area contributed by atoms with Gasteiger partial charge in [-0.3, -0.25) is 0 Å². The maximum atomic E-state index is 11.6. The highest BCUT2D eigenvalue weighted by Gasteiger charge is 2.47. The largest absolute Gasteiger partial charge is 0.312 e. The molecular formula is C14H26N2O2S. The second-order valence-corrected chi connectivity index (χ2v) is 8.65. The van der Waals surface area contributed by atoms with E-state index in [-0.39, 0.29) is 5.75 Å². The molecule has 0 radical (unpaired) electrons. The van der Waals surface area contributed by atoms with Crippen molar-refractivity contribution >= 4 is 10.0 Å². The molecule has 4 saturated carbocycles. The van der Waals surface area contributed by atoms with Crippen LogP contribution >= 0.6 is 0 Å². The Kier molecular flexibility index (Phi) is 3.89. The third kappa shape index (κ3) is 2.98. The third-order valence-corrected chi connectivity index (χ3v) is 6.81. The first-order valence-corrected chi connectivity index (χ1v) is 9.43. The van der Waals surface area contributed by atoms with E-state index >= 15 is 0 Å². The molecule has 0 aromatic rings. The minimum atomic E-state index is -3.07. The first kappa shape index (κ1) is 13.8. The van der Waals surface area contributed by atoms with Crippen LogP contribution in [-0.4, -0.2) is 33.3 Å². The summed E-state index contributed by atoms with van der Waals surface area (Å²) < 4.78 is 25.8. The van der Waals surface area contributed by atoms with Crippen LogP contribution in [0.1, 0.15) is 39.0 Å². The summed E-state index contributed by atoms with van der Waals surface area (Å²) in [6.45, 7) is 2.91. The molecule has 4 fully saturated rings. The van der Waals surface area contributed by atoms with E-state index < -0.39 is 10.0 Å². The van der Waals surface area contributed by atoms with Crippen molar-refractivity contribution in [1.82, 2.24) is 10.0 Å². The smallest absolute Gasteiger partial charge is 0.212 e. The molecule has 0 saturated heterocycles. The van der Waals surface area contributed by atoms with Crippen LogP contribution in [0.5, 0.6) is 0 Å². The quantitative estimate of drug-likeness (QED) is 0.775. The zero-order chi connectivity index (χ0) is 13.5. The molecule has 4 nitrogen and oxygen atoms in total. The molecule has 4 bridgehead atoms. The number of hydrogen-bond acceptors (Lipinski definition) is 3. The average molecular weight is 286 g/mol. The Hall–Kier alpha value is -0.130. The van der Waals surface area contributed by atoms with E-state index in [1.54, 1.807) is 0 Å². The summed E-state index contributed by atoms with van der Waals surface area (Å²) in [5.74, 6) is 3.80. The minimum absolute atomic E-state index is 0.212. The molecule has 2 N–H and O–H groups in total. The van der Waals surface area contributed by atoms with Gasteiger partial charge < -0.3 is 5.32 Å². The van der Waals surface area contributed by atoms with Gasteiger partial charge in [-0.05, 0) is 55.8 Å². The molecule has 0 unspecified atom stereocenters. The highest BCUT2D eigenvalue weighted by molar-refractivity contribution is 7.89. The molecule has 110 valence electrons. The van der Waals surface area contributed by atoms with Crippen molar-refractivity contribution in [3.63, 3.8) is 0 Å². The lowest BCUT2D eigenvalue weighted by Crippen LogP contribution is -2.55. The SMILES string of the molecule is CCNS(=O)(=O)CCNC1C2CC3CC(C2)CC1C3. The summed E-state index contributed by atoms with van der Waals surface area (Å²) in [5, 5.41) is 3.56. The van der Waals surface area contributed by atoms with Crippen molar-refractivity contribution in [3.05, 3.63) is 0 Å². The van der Waals surface area contributed by atoms with Crippen molar-refractivity contribution in [2.24, 2.45) is 23.7 Å². The van der Waals surface area contributed by atoms with Gasteiger partial charge in [0.25, 0.3) is 0 Å². The molecule has 5 heteroatoms. The Bertz CT molecular complexity index is 393. The zero-order valence-corrected chi connectivity index (χ0v) is 12.6.